The Morgan fingerprint density at radius 2 is 2.21 bits per heavy atom. The summed E-state index contributed by atoms with van der Waals surface area (Å²) in [7, 11) is -4.08. The van der Waals surface area contributed by atoms with Gasteiger partial charge in [0.2, 0.25) is 0 Å². The smallest absolute Gasteiger partial charge is 0.279 e. The third-order valence-corrected chi connectivity index (χ3v) is 3.90. The van der Waals surface area contributed by atoms with E-state index in [1.54, 1.807) is 0 Å². The number of sulfonamides is 1. The van der Waals surface area contributed by atoms with Gasteiger partial charge in [-0.3, -0.25) is 9.82 Å². The lowest BCUT2D eigenvalue weighted by Gasteiger charge is -2.08. The van der Waals surface area contributed by atoms with Gasteiger partial charge in [0.15, 0.2) is 5.03 Å². The van der Waals surface area contributed by atoms with E-state index in [2.05, 4.69) is 10.2 Å². The maximum Gasteiger partial charge on any atom is 0.279 e. The molecule has 3 N–H and O–H groups in total. The van der Waals surface area contributed by atoms with Crippen LogP contribution in [0.15, 0.2) is 29.4 Å². The zero-order valence-electron chi connectivity index (χ0n) is 9.39. The SMILES string of the molecule is O=S(=O)(Nc1cc(Cl)ccc1F)c1[nH]ncc1CO. The fourth-order valence-electron chi connectivity index (χ4n) is 1.42. The number of rotatable bonds is 4. The normalized spacial score (nSPS) is 11.5. The highest BCUT2D eigenvalue weighted by molar-refractivity contribution is 7.92. The molecule has 0 spiro atoms. The Balaban J connectivity index is 2.39. The van der Waals surface area contributed by atoms with Crippen LogP contribution in [0.1, 0.15) is 5.56 Å². The van der Waals surface area contributed by atoms with Crippen LogP contribution < -0.4 is 4.72 Å². The highest BCUT2D eigenvalue weighted by atomic mass is 35.5. The number of benzene rings is 1. The summed E-state index contributed by atoms with van der Waals surface area (Å²) in [4.78, 5) is 0. The topological polar surface area (TPSA) is 95.1 Å². The van der Waals surface area contributed by atoms with Crippen molar-refractivity contribution in [3.63, 3.8) is 0 Å². The third kappa shape index (κ3) is 2.86. The number of aliphatic hydroxyl groups is 1. The molecule has 1 heterocycles. The van der Waals surface area contributed by atoms with Crippen molar-refractivity contribution >= 4 is 27.3 Å². The Bertz CT molecular complexity index is 702. The molecule has 9 heteroatoms. The number of aliphatic hydroxyl groups excluding tert-OH is 1. The number of nitrogens with zero attached hydrogens (tertiary/aromatic N) is 1. The first-order valence-electron chi connectivity index (χ1n) is 5.05. The van der Waals surface area contributed by atoms with E-state index in [0.29, 0.717) is 0 Å². The first-order valence-corrected chi connectivity index (χ1v) is 6.91. The number of hydrogen-bond donors (Lipinski definition) is 3. The molecule has 1 aromatic carbocycles. The van der Waals surface area contributed by atoms with Crippen molar-refractivity contribution in [1.82, 2.24) is 10.2 Å². The molecule has 0 aliphatic heterocycles. The maximum atomic E-state index is 13.5. The van der Waals surface area contributed by atoms with Crippen LogP contribution in [0, 0.1) is 5.82 Å². The lowest BCUT2D eigenvalue weighted by molar-refractivity contribution is 0.278. The van der Waals surface area contributed by atoms with Gasteiger partial charge in [0.1, 0.15) is 5.82 Å². The first-order chi connectivity index (χ1) is 8.94. The van der Waals surface area contributed by atoms with Crippen molar-refractivity contribution in [2.24, 2.45) is 0 Å². The average Bonchev–Trinajstić information content (AvgIpc) is 2.82. The summed E-state index contributed by atoms with van der Waals surface area (Å²) in [5, 5.41) is 14.6. The summed E-state index contributed by atoms with van der Waals surface area (Å²) in [5.74, 6) is -0.766. The molecule has 102 valence electrons. The fraction of sp³-hybridized carbons (Fsp3) is 0.100. The van der Waals surface area contributed by atoms with Crippen LogP contribution >= 0.6 is 11.6 Å². The summed E-state index contributed by atoms with van der Waals surface area (Å²) in [6.45, 7) is -0.509. The highest BCUT2D eigenvalue weighted by Crippen LogP contribution is 2.23. The number of aromatic nitrogens is 2. The number of aromatic amines is 1. The molecular formula is C10H9ClFN3O3S. The lowest BCUT2D eigenvalue weighted by Crippen LogP contribution is -2.16. The second kappa shape index (κ2) is 5.16. The van der Waals surface area contributed by atoms with Gasteiger partial charge in [-0.1, -0.05) is 11.6 Å². The maximum absolute atomic E-state index is 13.5. The molecule has 0 aliphatic carbocycles. The second-order valence-electron chi connectivity index (χ2n) is 3.61. The van der Waals surface area contributed by atoms with Gasteiger partial charge in [0.25, 0.3) is 10.0 Å². The van der Waals surface area contributed by atoms with Crippen molar-refractivity contribution in [3.05, 3.63) is 40.8 Å². The summed E-state index contributed by atoms with van der Waals surface area (Å²) in [5.41, 5.74) is -0.207. The minimum atomic E-state index is -4.08. The molecule has 0 saturated carbocycles. The van der Waals surface area contributed by atoms with Crippen LogP contribution in [0.4, 0.5) is 10.1 Å². The van der Waals surface area contributed by atoms with Crippen molar-refractivity contribution in [1.29, 1.82) is 0 Å². The molecule has 0 radical (unpaired) electrons. The molecular weight excluding hydrogens is 297 g/mol. The van der Waals surface area contributed by atoms with Crippen LogP contribution in [0.3, 0.4) is 0 Å². The van der Waals surface area contributed by atoms with E-state index in [1.807, 2.05) is 4.72 Å². The number of nitrogens with one attached hydrogen (secondary N) is 2. The van der Waals surface area contributed by atoms with Crippen LogP contribution in [0.25, 0.3) is 0 Å². The van der Waals surface area contributed by atoms with Crippen molar-refractivity contribution in [2.75, 3.05) is 4.72 Å². The van der Waals surface area contributed by atoms with Crippen LogP contribution in [0.2, 0.25) is 5.02 Å². The molecule has 2 rings (SSSR count). The predicted octanol–water partition coefficient (Wildman–Crippen LogP) is 1.50. The van der Waals surface area contributed by atoms with Gasteiger partial charge in [-0.15, -0.1) is 0 Å². The van der Waals surface area contributed by atoms with Gasteiger partial charge in [-0.05, 0) is 18.2 Å². The largest absolute Gasteiger partial charge is 0.392 e. The van der Waals surface area contributed by atoms with Crippen LogP contribution in [-0.2, 0) is 16.6 Å². The van der Waals surface area contributed by atoms with Crippen molar-refractivity contribution in [2.45, 2.75) is 11.6 Å². The van der Waals surface area contributed by atoms with E-state index in [0.717, 1.165) is 12.1 Å². The minimum absolute atomic E-state index is 0.0786. The van der Waals surface area contributed by atoms with Gasteiger partial charge in [0, 0.05) is 10.6 Å². The first kappa shape index (κ1) is 13.8. The molecule has 0 saturated heterocycles. The molecule has 2 aromatic rings. The average molecular weight is 306 g/mol. The zero-order chi connectivity index (χ0) is 14.0. The van der Waals surface area contributed by atoms with Crippen LogP contribution in [0.5, 0.6) is 0 Å². The molecule has 0 amide bonds. The van der Waals surface area contributed by atoms with E-state index < -0.39 is 22.4 Å². The van der Waals surface area contributed by atoms with Gasteiger partial charge >= 0.3 is 0 Å². The van der Waals surface area contributed by atoms with E-state index >= 15 is 0 Å². The monoisotopic (exact) mass is 305 g/mol. The quantitative estimate of drug-likeness (QED) is 0.797. The number of hydrogen-bond acceptors (Lipinski definition) is 4. The molecule has 19 heavy (non-hydrogen) atoms. The summed E-state index contributed by atoms with van der Waals surface area (Å²) >= 11 is 5.67. The zero-order valence-corrected chi connectivity index (χ0v) is 11.0. The van der Waals surface area contributed by atoms with Gasteiger partial charge in [0.05, 0.1) is 18.5 Å². The summed E-state index contributed by atoms with van der Waals surface area (Å²) in [6, 6.07) is 3.48. The van der Waals surface area contributed by atoms with E-state index in [9.17, 15) is 12.8 Å². The molecule has 6 nitrogen and oxygen atoms in total. The molecule has 0 fully saturated rings. The number of halogens is 2. The van der Waals surface area contributed by atoms with Crippen molar-refractivity contribution < 1.29 is 17.9 Å². The van der Waals surface area contributed by atoms with Gasteiger partial charge < -0.3 is 5.11 Å². The Morgan fingerprint density at radius 3 is 2.89 bits per heavy atom. The second-order valence-corrected chi connectivity index (χ2v) is 5.67. The van der Waals surface area contributed by atoms with Gasteiger partial charge in [-0.2, -0.15) is 13.5 Å². The minimum Gasteiger partial charge on any atom is -0.392 e. The molecule has 0 aliphatic rings. The number of H-pyrrole nitrogens is 1. The predicted molar refractivity (Wildman–Crippen MR) is 66.7 cm³/mol. The Labute approximate surface area is 113 Å². The van der Waals surface area contributed by atoms with Gasteiger partial charge in [-0.25, -0.2) is 4.39 Å². The Kier molecular flexibility index (Phi) is 3.74. The fourth-order valence-corrected chi connectivity index (χ4v) is 2.77. The molecule has 0 bridgehead atoms. The lowest BCUT2D eigenvalue weighted by atomic mass is 10.3. The number of anilines is 1. The highest BCUT2D eigenvalue weighted by Gasteiger charge is 2.22. The third-order valence-electron chi connectivity index (χ3n) is 2.29. The molecule has 0 atom stereocenters. The van der Waals surface area contributed by atoms with E-state index in [-0.39, 0.29) is 21.3 Å². The Morgan fingerprint density at radius 1 is 1.47 bits per heavy atom. The van der Waals surface area contributed by atoms with E-state index in [4.69, 9.17) is 16.7 Å². The Hall–Kier alpha value is -1.64. The summed E-state index contributed by atoms with van der Waals surface area (Å²) in [6.07, 6.45) is 1.17. The van der Waals surface area contributed by atoms with Crippen LogP contribution in [-0.4, -0.2) is 23.7 Å². The molecule has 1 aromatic heterocycles. The van der Waals surface area contributed by atoms with Crippen molar-refractivity contribution in [3.8, 4) is 0 Å². The van der Waals surface area contributed by atoms with E-state index in [1.165, 1.54) is 12.3 Å². The standard InChI is InChI=1S/C10H9ClFN3O3S/c11-7-1-2-8(12)9(3-7)15-19(17,18)10-6(5-16)4-13-14-10/h1-4,15-16H,5H2,(H,13,14). The molecule has 0 unspecified atom stereocenters. The summed E-state index contributed by atoms with van der Waals surface area (Å²) < 4.78 is 39.5.